The fourth-order valence-corrected chi connectivity index (χ4v) is 4.79. The van der Waals surface area contributed by atoms with Crippen LogP contribution in [0.25, 0.3) is 5.76 Å². The van der Waals surface area contributed by atoms with Crippen molar-refractivity contribution in [3.05, 3.63) is 87.4 Å². The number of aliphatic hydroxyl groups is 1. The number of halogens is 1. The number of nitrogens with zero attached hydrogens (tertiary/aromatic N) is 1. The highest BCUT2D eigenvalue weighted by molar-refractivity contribution is 9.10. The van der Waals surface area contributed by atoms with Gasteiger partial charge in [-0.1, -0.05) is 40.2 Å². The predicted molar refractivity (Wildman–Crippen MR) is 146 cm³/mol. The molecule has 9 heteroatoms. The smallest absolute Gasteiger partial charge is 0.295 e. The number of ether oxygens (including phenoxy) is 4. The van der Waals surface area contributed by atoms with E-state index in [1.807, 2.05) is 12.1 Å². The molecule has 4 rings (SSSR count). The summed E-state index contributed by atoms with van der Waals surface area (Å²) in [6.45, 7) is 0.218. The van der Waals surface area contributed by atoms with E-state index < -0.39 is 17.7 Å². The molecule has 0 spiro atoms. The molecule has 1 saturated heterocycles. The summed E-state index contributed by atoms with van der Waals surface area (Å²) >= 11 is 3.38. The first-order chi connectivity index (χ1) is 18.3. The first-order valence-electron chi connectivity index (χ1n) is 11.8. The Hall–Kier alpha value is -3.98. The Morgan fingerprint density at radius 3 is 2.00 bits per heavy atom. The summed E-state index contributed by atoms with van der Waals surface area (Å²) in [5, 5.41) is 11.3. The molecule has 1 atom stereocenters. The Kier molecular flexibility index (Phi) is 8.26. The second kappa shape index (κ2) is 11.6. The van der Waals surface area contributed by atoms with Crippen molar-refractivity contribution in [1.29, 1.82) is 0 Å². The van der Waals surface area contributed by atoms with Crippen LogP contribution in [0.3, 0.4) is 0 Å². The Labute approximate surface area is 229 Å². The third-order valence-corrected chi connectivity index (χ3v) is 7.00. The van der Waals surface area contributed by atoms with Gasteiger partial charge in [0.2, 0.25) is 0 Å². The summed E-state index contributed by atoms with van der Waals surface area (Å²) in [7, 11) is 6.16. The van der Waals surface area contributed by atoms with Crippen LogP contribution in [0.2, 0.25) is 0 Å². The summed E-state index contributed by atoms with van der Waals surface area (Å²) in [5.74, 6) is 0.423. The number of carbonyl (C=O) groups excluding carboxylic acids is 2. The highest BCUT2D eigenvalue weighted by Crippen LogP contribution is 2.42. The SMILES string of the molecule is COc1ccc(CCN2C(=O)C(=O)/C(=C(\O)c3ccc(Br)cc3)C2c2ccc(OC)c(OC)c2)cc1OC. The number of aliphatic hydroxyl groups excluding tert-OH is 1. The molecule has 0 bridgehead atoms. The van der Waals surface area contributed by atoms with Crippen molar-refractivity contribution >= 4 is 33.4 Å². The molecule has 3 aromatic rings. The van der Waals surface area contributed by atoms with Crippen molar-refractivity contribution < 1.29 is 33.6 Å². The van der Waals surface area contributed by atoms with Gasteiger partial charge in [0.05, 0.1) is 40.1 Å². The Morgan fingerprint density at radius 1 is 0.816 bits per heavy atom. The molecule has 38 heavy (non-hydrogen) atoms. The molecule has 3 aromatic carbocycles. The highest BCUT2D eigenvalue weighted by atomic mass is 79.9. The van der Waals surface area contributed by atoms with E-state index in [1.54, 1.807) is 62.8 Å². The maximum Gasteiger partial charge on any atom is 0.295 e. The van der Waals surface area contributed by atoms with Crippen molar-refractivity contribution in [3.63, 3.8) is 0 Å². The van der Waals surface area contributed by atoms with Crippen LogP contribution in [0.4, 0.5) is 0 Å². The van der Waals surface area contributed by atoms with Crippen LogP contribution in [0.15, 0.2) is 70.7 Å². The average molecular weight is 582 g/mol. The van der Waals surface area contributed by atoms with Gasteiger partial charge in [-0.25, -0.2) is 0 Å². The number of likely N-dealkylation sites (tertiary alicyclic amines) is 1. The van der Waals surface area contributed by atoms with E-state index in [2.05, 4.69) is 15.9 Å². The third-order valence-electron chi connectivity index (χ3n) is 6.47. The number of benzene rings is 3. The monoisotopic (exact) mass is 581 g/mol. The predicted octanol–water partition coefficient (Wildman–Crippen LogP) is 5.15. The molecule has 1 aliphatic rings. The van der Waals surface area contributed by atoms with E-state index in [0.29, 0.717) is 40.5 Å². The number of hydrogen-bond donors (Lipinski definition) is 1. The molecular formula is C29H28BrNO7. The number of hydrogen-bond acceptors (Lipinski definition) is 7. The van der Waals surface area contributed by atoms with Gasteiger partial charge in [0.1, 0.15) is 5.76 Å². The van der Waals surface area contributed by atoms with Crippen molar-refractivity contribution in [2.24, 2.45) is 0 Å². The van der Waals surface area contributed by atoms with Gasteiger partial charge in [-0.05, 0) is 53.9 Å². The zero-order valence-corrected chi connectivity index (χ0v) is 23.1. The molecule has 0 aromatic heterocycles. The van der Waals surface area contributed by atoms with E-state index in [0.717, 1.165) is 10.0 Å². The van der Waals surface area contributed by atoms with E-state index in [1.165, 1.54) is 19.1 Å². The zero-order valence-electron chi connectivity index (χ0n) is 21.5. The summed E-state index contributed by atoms with van der Waals surface area (Å²) in [6, 6.07) is 16.7. The van der Waals surface area contributed by atoms with Gasteiger partial charge >= 0.3 is 0 Å². The molecule has 1 amide bonds. The van der Waals surface area contributed by atoms with Gasteiger partial charge in [-0.15, -0.1) is 0 Å². The van der Waals surface area contributed by atoms with Crippen LogP contribution in [0.5, 0.6) is 23.0 Å². The second-order valence-corrected chi connectivity index (χ2v) is 9.47. The second-order valence-electron chi connectivity index (χ2n) is 8.55. The largest absolute Gasteiger partial charge is 0.507 e. The lowest BCUT2D eigenvalue weighted by atomic mass is 9.95. The summed E-state index contributed by atoms with van der Waals surface area (Å²) in [5.41, 5.74) is 1.93. The molecular weight excluding hydrogens is 554 g/mol. The molecule has 0 saturated carbocycles. The summed E-state index contributed by atoms with van der Waals surface area (Å²) in [4.78, 5) is 28.2. The summed E-state index contributed by atoms with van der Waals surface area (Å²) in [6.07, 6.45) is 0.440. The maximum atomic E-state index is 13.3. The number of Topliss-reactive ketones (excluding diaryl/α,β-unsaturated/α-hetero) is 1. The van der Waals surface area contributed by atoms with Crippen LogP contribution in [-0.2, 0) is 16.0 Å². The van der Waals surface area contributed by atoms with Crippen molar-refractivity contribution in [1.82, 2.24) is 4.90 Å². The van der Waals surface area contributed by atoms with E-state index in [-0.39, 0.29) is 17.9 Å². The highest BCUT2D eigenvalue weighted by Gasteiger charge is 2.46. The van der Waals surface area contributed by atoms with Crippen LogP contribution >= 0.6 is 15.9 Å². The average Bonchev–Trinajstić information content (AvgIpc) is 3.20. The van der Waals surface area contributed by atoms with Gasteiger partial charge in [0, 0.05) is 16.6 Å². The third kappa shape index (κ3) is 5.19. The molecule has 0 aliphatic carbocycles. The van der Waals surface area contributed by atoms with E-state index in [4.69, 9.17) is 18.9 Å². The first-order valence-corrected chi connectivity index (χ1v) is 12.6. The topological polar surface area (TPSA) is 94.5 Å². The van der Waals surface area contributed by atoms with Crippen LogP contribution in [-0.4, -0.2) is 56.7 Å². The minimum absolute atomic E-state index is 0.0110. The molecule has 1 fully saturated rings. The van der Waals surface area contributed by atoms with E-state index in [9.17, 15) is 14.7 Å². The van der Waals surface area contributed by atoms with Crippen LogP contribution in [0.1, 0.15) is 22.7 Å². The number of amides is 1. The maximum absolute atomic E-state index is 13.3. The minimum Gasteiger partial charge on any atom is -0.507 e. The standard InChI is InChI=1S/C29H28BrNO7/c1-35-21-11-5-17(15-23(21)37-3)13-14-31-26(19-8-12-22(36-2)24(16-19)38-4)25(28(33)29(31)34)27(32)18-6-9-20(30)10-7-18/h5-12,15-16,26,32H,13-14H2,1-4H3/b27-25-. The fraction of sp³-hybridized carbons (Fsp3) is 0.241. The quantitative estimate of drug-likeness (QED) is 0.212. The van der Waals surface area contributed by atoms with Crippen LogP contribution in [0, 0.1) is 0 Å². The fourth-order valence-electron chi connectivity index (χ4n) is 4.53. The molecule has 198 valence electrons. The Morgan fingerprint density at radius 2 is 1.39 bits per heavy atom. The molecule has 0 radical (unpaired) electrons. The van der Waals surface area contributed by atoms with Crippen LogP contribution < -0.4 is 18.9 Å². The van der Waals surface area contributed by atoms with Crippen molar-refractivity contribution in [2.75, 3.05) is 35.0 Å². The molecule has 1 N–H and O–H groups in total. The normalized spacial score (nSPS) is 16.4. The Balaban J connectivity index is 1.79. The Bertz CT molecular complexity index is 1380. The van der Waals surface area contributed by atoms with Crippen molar-refractivity contribution in [3.8, 4) is 23.0 Å². The lowest BCUT2D eigenvalue weighted by molar-refractivity contribution is -0.139. The molecule has 8 nitrogen and oxygen atoms in total. The molecule has 1 unspecified atom stereocenters. The first kappa shape index (κ1) is 27.1. The van der Waals surface area contributed by atoms with E-state index >= 15 is 0 Å². The summed E-state index contributed by atoms with van der Waals surface area (Å²) < 4.78 is 22.4. The van der Waals surface area contributed by atoms with Gasteiger partial charge in [-0.2, -0.15) is 0 Å². The lowest BCUT2D eigenvalue weighted by Gasteiger charge is -2.26. The minimum atomic E-state index is -0.835. The zero-order chi connectivity index (χ0) is 27.4. The number of methoxy groups -OCH3 is 4. The molecule has 1 heterocycles. The van der Waals surface area contributed by atoms with Gasteiger partial charge in [0.25, 0.3) is 11.7 Å². The van der Waals surface area contributed by atoms with Gasteiger partial charge in [0.15, 0.2) is 23.0 Å². The van der Waals surface area contributed by atoms with Gasteiger partial charge < -0.3 is 29.0 Å². The number of rotatable bonds is 9. The lowest BCUT2D eigenvalue weighted by Crippen LogP contribution is -2.31. The van der Waals surface area contributed by atoms with Gasteiger partial charge in [-0.3, -0.25) is 9.59 Å². The number of ketones is 1. The number of carbonyl (C=O) groups is 2. The van der Waals surface area contributed by atoms with Crippen molar-refractivity contribution in [2.45, 2.75) is 12.5 Å². The molecule has 1 aliphatic heterocycles.